The third-order valence-corrected chi connectivity index (χ3v) is 5.98. The van der Waals surface area contributed by atoms with Crippen LogP contribution >= 0.6 is 0 Å². The van der Waals surface area contributed by atoms with E-state index in [0.717, 1.165) is 28.0 Å². The fourth-order valence-electron chi connectivity index (χ4n) is 3.72. The Morgan fingerprint density at radius 2 is 1.88 bits per heavy atom. The summed E-state index contributed by atoms with van der Waals surface area (Å²) in [7, 11) is 1.86. The smallest absolute Gasteiger partial charge is 0.141 e. The van der Waals surface area contributed by atoms with Gasteiger partial charge in [0, 0.05) is 42.2 Å². The Balaban J connectivity index is 0.000000522. The normalized spacial score (nSPS) is 19.0. The standard InChI is InChI=1S/C20H25FN6.C3H6.C2H2/c1-10(2)11(3)18-19(21)12(4)17(13-6-24-26-20(13)18)14-8-27-9-15(22-5)25-16(27)7-23-14;1-2-3-1;1-2/h6-11,16,22,25H,1-5H3,(H,24,26);1-3H2;1-2H. The molecule has 3 aliphatic rings. The van der Waals surface area contributed by atoms with Crippen molar-refractivity contribution >= 4 is 22.8 Å². The van der Waals surface area contributed by atoms with Crippen LogP contribution in [0.25, 0.3) is 16.6 Å². The lowest BCUT2D eigenvalue weighted by molar-refractivity contribution is 0.453. The molecule has 0 amide bonds. The number of aromatic amines is 1. The van der Waals surface area contributed by atoms with E-state index in [4.69, 9.17) is 0 Å². The van der Waals surface area contributed by atoms with Crippen LogP contribution in [0.4, 0.5) is 4.39 Å². The Labute approximate surface area is 190 Å². The summed E-state index contributed by atoms with van der Waals surface area (Å²) in [6, 6.07) is 0. The van der Waals surface area contributed by atoms with Crippen molar-refractivity contribution < 1.29 is 4.39 Å². The van der Waals surface area contributed by atoms with Crippen molar-refractivity contribution in [2.45, 2.75) is 59.0 Å². The third-order valence-electron chi connectivity index (χ3n) is 5.98. The van der Waals surface area contributed by atoms with E-state index in [2.05, 4.69) is 59.4 Å². The number of H-pyrrole nitrogens is 1. The van der Waals surface area contributed by atoms with E-state index in [0.29, 0.717) is 17.0 Å². The molecule has 0 saturated heterocycles. The van der Waals surface area contributed by atoms with Gasteiger partial charge in [0.1, 0.15) is 17.8 Å². The molecule has 1 fully saturated rings. The maximum Gasteiger partial charge on any atom is 0.141 e. The summed E-state index contributed by atoms with van der Waals surface area (Å²) in [6.07, 6.45) is 20.0. The van der Waals surface area contributed by atoms with Crippen LogP contribution in [0, 0.1) is 31.5 Å². The average molecular weight is 437 g/mol. The van der Waals surface area contributed by atoms with Gasteiger partial charge in [-0.2, -0.15) is 5.10 Å². The maximum atomic E-state index is 15.4. The molecule has 3 N–H and O–H groups in total. The van der Waals surface area contributed by atoms with Gasteiger partial charge in [-0.3, -0.25) is 10.1 Å². The Bertz CT molecular complexity index is 1070. The first-order chi connectivity index (χ1) is 15.4. The fraction of sp³-hybridized carbons (Fsp3) is 0.440. The van der Waals surface area contributed by atoms with Gasteiger partial charge in [-0.15, -0.1) is 12.8 Å². The topological polar surface area (TPSA) is 68.3 Å². The highest BCUT2D eigenvalue weighted by Gasteiger charge is 2.28. The minimum atomic E-state index is -0.174. The van der Waals surface area contributed by atoms with Crippen LogP contribution in [0.1, 0.15) is 62.6 Å². The molecule has 2 aliphatic heterocycles. The molecule has 1 aliphatic carbocycles. The number of aromatic nitrogens is 2. The maximum absolute atomic E-state index is 15.4. The summed E-state index contributed by atoms with van der Waals surface area (Å²) >= 11 is 0. The number of hydrogen-bond donors (Lipinski definition) is 3. The number of aliphatic imine (C=N–C) groups is 1. The molecule has 0 radical (unpaired) electrons. The zero-order chi connectivity index (χ0) is 23.4. The first-order valence-electron chi connectivity index (χ1n) is 11.1. The van der Waals surface area contributed by atoms with Crippen LogP contribution in [-0.2, 0) is 0 Å². The molecule has 5 rings (SSSR count). The molecular weight excluding hydrogens is 403 g/mol. The minimum absolute atomic E-state index is 0.0265. The largest absolute Gasteiger partial charge is 0.374 e. The number of terminal acetylenes is 1. The lowest BCUT2D eigenvalue weighted by Crippen LogP contribution is -2.37. The van der Waals surface area contributed by atoms with Crippen molar-refractivity contribution in [1.82, 2.24) is 25.7 Å². The number of fused-ring (bicyclic) bond motifs is 2. The molecule has 32 heavy (non-hydrogen) atoms. The molecule has 3 heterocycles. The molecule has 7 heteroatoms. The number of rotatable bonds is 4. The predicted molar refractivity (Wildman–Crippen MR) is 130 cm³/mol. The monoisotopic (exact) mass is 436 g/mol. The minimum Gasteiger partial charge on any atom is -0.374 e. The number of nitrogens with one attached hydrogen (secondary N) is 3. The van der Waals surface area contributed by atoms with Crippen LogP contribution in [0.3, 0.4) is 0 Å². The summed E-state index contributed by atoms with van der Waals surface area (Å²) < 4.78 is 15.4. The lowest BCUT2D eigenvalue weighted by atomic mass is 9.85. The van der Waals surface area contributed by atoms with E-state index < -0.39 is 0 Å². The molecule has 1 saturated carbocycles. The quantitative estimate of drug-likeness (QED) is 0.601. The van der Waals surface area contributed by atoms with E-state index in [1.807, 2.05) is 37.5 Å². The van der Waals surface area contributed by atoms with Crippen molar-refractivity contribution in [2.75, 3.05) is 7.05 Å². The van der Waals surface area contributed by atoms with Gasteiger partial charge in [0.15, 0.2) is 0 Å². The van der Waals surface area contributed by atoms with Crippen LogP contribution in [-0.4, -0.2) is 34.5 Å². The van der Waals surface area contributed by atoms with Gasteiger partial charge >= 0.3 is 0 Å². The van der Waals surface area contributed by atoms with Crippen LogP contribution < -0.4 is 10.6 Å². The first-order valence-corrected chi connectivity index (χ1v) is 11.1. The Morgan fingerprint density at radius 3 is 2.47 bits per heavy atom. The highest BCUT2D eigenvalue weighted by atomic mass is 19.1. The molecule has 2 atom stereocenters. The number of benzene rings is 1. The van der Waals surface area contributed by atoms with Gasteiger partial charge in [-0.1, -0.05) is 40.0 Å². The van der Waals surface area contributed by atoms with Crippen molar-refractivity contribution in [2.24, 2.45) is 10.9 Å². The highest BCUT2D eigenvalue weighted by molar-refractivity contribution is 5.97. The predicted octanol–water partition coefficient (Wildman–Crippen LogP) is 4.82. The molecular formula is C25H33FN6. The van der Waals surface area contributed by atoms with Gasteiger partial charge < -0.3 is 15.5 Å². The van der Waals surface area contributed by atoms with Crippen molar-refractivity contribution in [3.8, 4) is 12.8 Å². The van der Waals surface area contributed by atoms with Gasteiger partial charge in [-0.05, 0) is 24.3 Å². The molecule has 1 aromatic heterocycles. The molecule has 0 bridgehead atoms. The van der Waals surface area contributed by atoms with E-state index in [1.54, 1.807) is 6.20 Å². The Morgan fingerprint density at radius 1 is 1.19 bits per heavy atom. The molecule has 1 aromatic carbocycles. The van der Waals surface area contributed by atoms with E-state index in [9.17, 15) is 0 Å². The average Bonchev–Trinajstić information content (AvgIpc) is 3.51. The number of nitrogens with zero attached hydrogens (tertiary/aromatic N) is 3. The Hall–Kier alpha value is -3.27. The van der Waals surface area contributed by atoms with Crippen molar-refractivity contribution in [1.29, 1.82) is 0 Å². The number of halogens is 1. The second-order valence-corrected chi connectivity index (χ2v) is 8.60. The van der Waals surface area contributed by atoms with Crippen molar-refractivity contribution in [3.05, 3.63) is 46.9 Å². The van der Waals surface area contributed by atoms with Crippen LogP contribution in [0.5, 0.6) is 0 Å². The summed E-state index contributed by atoms with van der Waals surface area (Å²) in [5.41, 5.74) is 3.60. The van der Waals surface area contributed by atoms with E-state index in [1.165, 1.54) is 19.3 Å². The van der Waals surface area contributed by atoms with Crippen LogP contribution in [0.15, 0.2) is 29.4 Å². The Kier molecular flexibility index (Phi) is 7.24. The van der Waals surface area contributed by atoms with Crippen molar-refractivity contribution in [3.63, 3.8) is 0 Å². The fourth-order valence-corrected chi connectivity index (χ4v) is 3.72. The summed E-state index contributed by atoms with van der Waals surface area (Å²) in [4.78, 5) is 6.64. The lowest BCUT2D eigenvalue weighted by Gasteiger charge is -2.25. The van der Waals surface area contributed by atoms with Crippen LogP contribution in [0.2, 0.25) is 0 Å². The second-order valence-electron chi connectivity index (χ2n) is 8.60. The summed E-state index contributed by atoms with van der Waals surface area (Å²) in [5, 5.41) is 14.5. The highest BCUT2D eigenvalue weighted by Crippen LogP contribution is 2.39. The number of hydrogen-bond acceptors (Lipinski definition) is 5. The summed E-state index contributed by atoms with van der Waals surface area (Å²) in [5.74, 6) is 1.15. The van der Waals surface area contributed by atoms with Gasteiger partial charge in [-0.25, -0.2) is 4.39 Å². The third kappa shape index (κ3) is 4.50. The molecule has 0 spiro atoms. The summed E-state index contributed by atoms with van der Waals surface area (Å²) in [6.45, 7) is 8.10. The first kappa shape index (κ1) is 23.4. The van der Waals surface area contributed by atoms with Gasteiger partial charge in [0.05, 0.1) is 17.4 Å². The van der Waals surface area contributed by atoms with Gasteiger partial charge in [0.2, 0.25) is 0 Å². The molecule has 2 aromatic rings. The zero-order valence-corrected chi connectivity index (χ0v) is 19.5. The van der Waals surface area contributed by atoms with E-state index in [-0.39, 0.29) is 17.9 Å². The SMILES string of the molecule is C#C.C1CC1.CNC1=CN2C=C(c3c(C)c(F)c(C(C)C(C)C)c4[nH]ncc34)N=CC2N1. The molecule has 2 unspecified atom stereocenters. The van der Waals surface area contributed by atoms with Gasteiger partial charge in [0.25, 0.3) is 0 Å². The molecule has 170 valence electrons. The molecule has 6 nitrogen and oxygen atoms in total. The van der Waals surface area contributed by atoms with E-state index >= 15 is 4.39 Å². The zero-order valence-electron chi connectivity index (χ0n) is 19.5. The second kappa shape index (κ2) is 9.90.